The third-order valence-electron chi connectivity index (χ3n) is 5.04. The molecule has 0 aromatic heterocycles. The molecule has 1 aromatic carbocycles. The minimum Gasteiger partial charge on any atom is -0.399 e. The van der Waals surface area contributed by atoms with Crippen molar-refractivity contribution < 1.29 is 4.79 Å². The van der Waals surface area contributed by atoms with Crippen molar-refractivity contribution in [1.29, 1.82) is 0 Å². The average molecular weight is 273 g/mol. The maximum atomic E-state index is 12.9. The molecule has 2 rings (SSSR count). The Bertz CT molecular complexity index is 453. The Labute approximate surface area is 122 Å². The van der Waals surface area contributed by atoms with E-state index < -0.39 is 5.41 Å². The lowest BCUT2D eigenvalue weighted by Gasteiger charge is -2.33. The summed E-state index contributed by atoms with van der Waals surface area (Å²) in [6, 6.07) is 7.76. The summed E-state index contributed by atoms with van der Waals surface area (Å²) in [5.74, 6) is 1.47. The van der Waals surface area contributed by atoms with Crippen LogP contribution in [0.15, 0.2) is 24.3 Å². The molecule has 1 saturated carbocycles. The Morgan fingerprint density at radius 1 is 1.15 bits per heavy atom. The van der Waals surface area contributed by atoms with Gasteiger partial charge in [0, 0.05) is 17.0 Å². The molecule has 1 fully saturated rings. The van der Waals surface area contributed by atoms with Crippen LogP contribution in [0.3, 0.4) is 0 Å². The van der Waals surface area contributed by atoms with Gasteiger partial charge in [-0.25, -0.2) is 0 Å². The molecule has 0 amide bonds. The first-order valence-corrected chi connectivity index (χ1v) is 7.85. The van der Waals surface area contributed by atoms with Gasteiger partial charge >= 0.3 is 0 Å². The zero-order chi connectivity index (χ0) is 14.8. The van der Waals surface area contributed by atoms with E-state index in [1.165, 1.54) is 19.3 Å². The molecule has 0 aliphatic heterocycles. The van der Waals surface area contributed by atoms with Gasteiger partial charge in [-0.3, -0.25) is 4.79 Å². The molecule has 0 unspecified atom stereocenters. The minimum atomic E-state index is -0.405. The van der Waals surface area contributed by atoms with Crippen LogP contribution < -0.4 is 5.73 Å². The standard InChI is InChI=1S/C18H27NO/c1-4-13-5-7-14(8-6-13)17(20)18(2,3)15-9-11-16(19)12-10-15/h9-14H,4-8,19H2,1-3H3. The van der Waals surface area contributed by atoms with Crippen LogP contribution in [-0.2, 0) is 10.2 Å². The highest BCUT2D eigenvalue weighted by molar-refractivity contribution is 5.91. The number of anilines is 1. The molecule has 0 radical (unpaired) electrons. The van der Waals surface area contributed by atoms with Crippen LogP contribution >= 0.6 is 0 Å². The maximum absolute atomic E-state index is 12.9. The molecular weight excluding hydrogens is 246 g/mol. The van der Waals surface area contributed by atoms with E-state index in [1.807, 2.05) is 38.1 Å². The first kappa shape index (κ1) is 15.1. The van der Waals surface area contributed by atoms with Gasteiger partial charge in [0.15, 0.2) is 0 Å². The van der Waals surface area contributed by atoms with E-state index in [2.05, 4.69) is 6.92 Å². The number of hydrogen-bond donors (Lipinski definition) is 1. The lowest BCUT2D eigenvalue weighted by atomic mass is 9.70. The summed E-state index contributed by atoms with van der Waals surface area (Å²) >= 11 is 0. The zero-order valence-corrected chi connectivity index (χ0v) is 13.0. The molecule has 1 aliphatic rings. The number of benzene rings is 1. The van der Waals surface area contributed by atoms with Gasteiger partial charge in [0.05, 0.1) is 0 Å². The summed E-state index contributed by atoms with van der Waals surface area (Å²) in [6.45, 7) is 6.35. The van der Waals surface area contributed by atoms with E-state index in [1.54, 1.807) is 0 Å². The van der Waals surface area contributed by atoms with E-state index in [9.17, 15) is 4.79 Å². The Hall–Kier alpha value is -1.31. The van der Waals surface area contributed by atoms with Crippen molar-refractivity contribution in [1.82, 2.24) is 0 Å². The normalized spacial score (nSPS) is 23.6. The monoisotopic (exact) mass is 273 g/mol. The van der Waals surface area contributed by atoms with Crippen LogP contribution in [0.4, 0.5) is 5.69 Å². The fraction of sp³-hybridized carbons (Fsp3) is 0.611. The largest absolute Gasteiger partial charge is 0.399 e. The Morgan fingerprint density at radius 3 is 2.20 bits per heavy atom. The van der Waals surface area contributed by atoms with Gasteiger partial charge in [-0.05, 0) is 63.1 Å². The fourth-order valence-corrected chi connectivity index (χ4v) is 3.39. The van der Waals surface area contributed by atoms with Crippen molar-refractivity contribution in [2.75, 3.05) is 5.73 Å². The number of ketones is 1. The van der Waals surface area contributed by atoms with Crippen LogP contribution in [0.5, 0.6) is 0 Å². The second-order valence-electron chi connectivity index (χ2n) is 6.74. The van der Waals surface area contributed by atoms with E-state index >= 15 is 0 Å². The van der Waals surface area contributed by atoms with Crippen molar-refractivity contribution in [3.05, 3.63) is 29.8 Å². The second-order valence-corrected chi connectivity index (χ2v) is 6.74. The highest BCUT2D eigenvalue weighted by Crippen LogP contribution is 2.36. The van der Waals surface area contributed by atoms with E-state index in [-0.39, 0.29) is 5.92 Å². The van der Waals surface area contributed by atoms with Crippen LogP contribution in [0.1, 0.15) is 58.4 Å². The van der Waals surface area contributed by atoms with Crippen LogP contribution in [0.2, 0.25) is 0 Å². The van der Waals surface area contributed by atoms with Crippen molar-refractivity contribution >= 4 is 11.5 Å². The van der Waals surface area contributed by atoms with Gasteiger partial charge in [-0.1, -0.05) is 25.5 Å². The number of nitrogens with two attached hydrogens (primary N) is 1. The summed E-state index contributed by atoms with van der Waals surface area (Å²) < 4.78 is 0. The van der Waals surface area contributed by atoms with Crippen molar-refractivity contribution in [2.45, 2.75) is 58.3 Å². The predicted molar refractivity (Wildman–Crippen MR) is 84.6 cm³/mol. The van der Waals surface area contributed by atoms with Crippen LogP contribution in [-0.4, -0.2) is 5.78 Å². The van der Waals surface area contributed by atoms with Gasteiger partial charge in [0.2, 0.25) is 0 Å². The average Bonchev–Trinajstić information content (AvgIpc) is 2.47. The third kappa shape index (κ3) is 3.05. The molecule has 0 atom stereocenters. The molecule has 2 heteroatoms. The number of carbonyl (C=O) groups is 1. The SMILES string of the molecule is CCC1CCC(C(=O)C(C)(C)c2ccc(N)cc2)CC1. The molecule has 1 aliphatic carbocycles. The molecule has 0 heterocycles. The van der Waals surface area contributed by atoms with Gasteiger partial charge in [0.25, 0.3) is 0 Å². The van der Waals surface area contributed by atoms with Crippen molar-refractivity contribution in [3.8, 4) is 0 Å². The second kappa shape index (κ2) is 5.99. The number of rotatable bonds is 4. The molecule has 1 aromatic rings. The molecule has 0 bridgehead atoms. The fourth-order valence-electron chi connectivity index (χ4n) is 3.39. The highest BCUT2D eigenvalue weighted by Gasteiger charge is 2.36. The van der Waals surface area contributed by atoms with E-state index in [0.717, 1.165) is 30.0 Å². The van der Waals surface area contributed by atoms with Crippen molar-refractivity contribution in [2.24, 2.45) is 11.8 Å². The number of Topliss-reactive ketones (excluding diaryl/α,β-unsaturated/α-hetero) is 1. The lowest BCUT2D eigenvalue weighted by Crippen LogP contribution is -2.36. The predicted octanol–water partition coefficient (Wildman–Crippen LogP) is 4.33. The maximum Gasteiger partial charge on any atom is 0.145 e. The minimum absolute atomic E-state index is 0.241. The summed E-state index contributed by atoms with van der Waals surface area (Å²) in [4.78, 5) is 12.9. The number of hydrogen-bond acceptors (Lipinski definition) is 2. The van der Waals surface area contributed by atoms with Gasteiger partial charge in [0.1, 0.15) is 5.78 Å². The van der Waals surface area contributed by atoms with Crippen LogP contribution in [0, 0.1) is 11.8 Å². The summed E-state index contributed by atoms with van der Waals surface area (Å²) in [5, 5.41) is 0. The Kier molecular flexibility index (Phi) is 4.52. The van der Waals surface area contributed by atoms with E-state index in [0.29, 0.717) is 5.78 Å². The van der Waals surface area contributed by atoms with Gasteiger partial charge < -0.3 is 5.73 Å². The molecule has 20 heavy (non-hydrogen) atoms. The molecule has 110 valence electrons. The van der Waals surface area contributed by atoms with Gasteiger partial charge in [-0.2, -0.15) is 0 Å². The number of nitrogen functional groups attached to an aromatic ring is 1. The van der Waals surface area contributed by atoms with Crippen molar-refractivity contribution in [3.63, 3.8) is 0 Å². The summed E-state index contributed by atoms with van der Waals surface area (Å²) in [5.41, 5.74) is 7.16. The first-order chi connectivity index (χ1) is 9.45. The summed E-state index contributed by atoms with van der Waals surface area (Å²) in [7, 11) is 0. The Balaban J connectivity index is 2.09. The first-order valence-electron chi connectivity index (χ1n) is 7.85. The molecule has 2 N–H and O–H groups in total. The molecular formula is C18H27NO. The van der Waals surface area contributed by atoms with Crippen LogP contribution in [0.25, 0.3) is 0 Å². The molecule has 0 saturated heterocycles. The zero-order valence-electron chi connectivity index (χ0n) is 13.0. The third-order valence-corrected chi connectivity index (χ3v) is 5.04. The Morgan fingerprint density at radius 2 is 1.70 bits per heavy atom. The quantitative estimate of drug-likeness (QED) is 0.830. The highest BCUT2D eigenvalue weighted by atomic mass is 16.1. The molecule has 2 nitrogen and oxygen atoms in total. The lowest BCUT2D eigenvalue weighted by molar-refractivity contribution is -0.128. The smallest absolute Gasteiger partial charge is 0.145 e. The summed E-state index contributed by atoms with van der Waals surface area (Å²) in [6.07, 6.45) is 5.81. The van der Waals surface area contributed by atoms with E-state index in [4.69, 9.17) is 5.73 Å². The molecule has 0 spiro atoms. The van der Waals surface area contributed by atoms with Gasteiger partial charge in [-0.15, -0.1) is 0 Å². The topological polar surface area (TPSA) is 43.1 Å². The number of carbonyl (C=O) groups excluding carboxylic acids is 1.